The lowest BCUT2D eigenvalue weighted by Gasteiger charge is -2.08. The summed E-state index contributed by atoms with van der Waals surface area (Å²) >= 11 is 3.46. The number of hydrogen-bond acceptors (Lipinski definition) is 3. The van der Waals surface area contributed by atoms with Crippen LogP contribution in [-0.4, -0.2) is 0 Å². The SMILES string of the molecule is N[C@@H](c1ccsc1)c1csc2ccccc12. The maximum Gasteiger partial charge on any atom is 0.0574 e. The van der Waals surface area contributed by atoms with Gasteiger partial charge in [0.15, 0.2) is 0 Å². The Morgan fingerprint density at radius 2 is 1.94 bits per heavy atom. The van der Waals surface area contributed by atoms with Crippen molar-refractivity contribution in [2.75, 3.05) is 0 Å². The molecular weight excluding hydrogens is 234 g/mol. The predicted octanol–water partition coefficient (Wildman–Crippen LogP) is 4.01. The minimum atomic E-state index is 0.00222. The first-order chi connectivity index (χ1) is 7.86. The molecule has 0 aliphatic heterocycles. The molecule has 0 amide bonds. The van der Waals surface area contributed by atoms with Gasteiger partial charge < -0.3 is 5.73 Å². The van der Waals surface area contributed by atoms with Gasteiger partial charge in [0.2, 0.25) is 0 Å². The van der Waals surface area contributed by atoms with Gasteiger partial charge in [0, 0.05) is 4.70 Å². The fourth-order valence-corrected chi connectivity index (χ4v) is 3.56. The highest BCUT2D eigenvalue weighted by molar-refractivity contribution is 7.17. The lowest BCUT2D eigenvalue weighted by molar-refractivity contribution is 0.890. The van der Waals surface area contributed by atoms with E-state index >= 15 is 0 Å². The zero-order valence-electron chi connectivity index (χ0n) is 8.59. The Kier molecular flexibility index (Phi) is 2.52. The van der Waals surface area contributed by atoms with Crippen LogP contribution in [0.4, 0.5) is 0 Å². The molecule has 2 N–H and O–H groups in total. The number of hydrogen-bond donors (Lipinski definition) is 1. The van der Waals surface area contributed by atoms with Crippen LogP contribution < -0.4 is 5.73 Å². The van der Waals surface area contributed by atoms with Gasteiger partial charge in [-0.05, 0) is 44.8 Å². The lowest BCUT2D eigenvalue weighted by atomic mass is 10.0. The molecule has 2 heterocycles. The zero-order chi connectivity index (χ0) is 11.0. The first-order valence-electron chi connectivity index (χ1n) is 5.10. The van der Waals surface area contributed by atoms with E-state index in [0.717, 1.165) is 0 Å². The maximum atomic E-state index is 6.28. The maximum absolute atomic E-state index is 6.28. The molecule has 0 spiro atoms. The van der Waals surface area contributed by atoms with Gasteiger partial charge in [-0.1, -0.05) is 18.2 Å². The van der Waals surface area contributed by atoms with Gasteiger partial charge in [-0.2, -0.15) is 11.3 Å². The van der Waals surface area contributed by atoms with E-state index in [1.807, 2.05) is 0 Å². The summed E-state index contributed by atoms with van der Waals surface area (Å²) < 4.78 is 1.31. The van der Waals surface area contributed by atoms with Crippen molar-refractivity contribution in [3.63, 3.8) is 0 Å². The summed E-state index contributed by atoms with van der Waals surface area (Å²) in [5.74, 6) is 0. The van der Waals surface area contributed by atoms with Crippen LogP contribution in [0.1, 0.15) is 17.2 Å². The van der Waals surface area contributed by atoms with Gasteiger partial charge >= 0.3 is 0 Å². The van der Waals surface area contributed by atoms with E-state index in [-0.39, 0.29) is 6.04 Å². The third-order valence-electron chi connectivity index (χ3n) is 2.75. The molecular formula is C13H11NS2. The van der Waals surface area contributed by atoms with Crippen LogP contribution in [0.15, 0.2) is 46.5 Å². The molecule has 0 radical (unpaired) electrons. The molecule has 16 heavy (non-hydrogen) atoms. The van der Waals surface area contributed by atoms with Crippen LogP contribution in [0.25, 0.3) is 10.1 Å². The first-order valence-corrected chi connectivity index (χ1v) is 6.92. The van der Waals surface area contributed by atoms with Crippen LogP contribution in [0.5, 0.6) is 0 Å². The Bertz CT molecular complexity index is 595. The monoisotopic (exact) mass is 245 g/mol. The number of thiophene rings is 2. The van der Waals surface area contributed by atoms with Gasteiger partial charge in [0.1, 0.15) is 0 Å². The fraction of sp³-hybridized carbons (Fsp3) is 0.0769. The third-order valence-corrected chi connectivity index (χ3v) is 4.43. The van der Waals surface area contributed by atoms with Crippen molar-refractivity contribution in [1.29, 1.82) is 0 Å². The largest absolute Gasteiger partial charge is 0.320 e. The van der Waals surface area contributed by atoms with Crippen molar-refractivity contribution < 1.29 is 0 Å². The topological polar surface area (TPSA) is 26.0 Å². The number of fused-ring (bicyclic) bond motifs is 1. The quantitative estimate of drug-likeness (QED) is 0.725. The summed E-state index contributed by atoms with van der Waals surface area (Å²) in [6, 6.07) is 10.5. The third kappa shape index (κ3) is 1.57. The first kappa shape index (κ1) is 10.0. The summed E-state index contributed by atoms with van der Waals surface area (Å²) in [7, 11) is 0. The van der Waals surface area contributed by atoms with Crippen LogP contribution in [0.3, 0.4) is 0 Å². The minimum Gasteiger partial charge on any atom is -0.320 e. The van der Waals surface area contributed by atoms with Crippen LogP contribution >= 0.6 is 22.7 Å². The summed E-state index contributed by atoms with van der Waals surface area (Å²) in [6.45, 7) is 0. The summed E-state index contributed by atoms with van der Waals surface area (Å²) in [5.41, 5.74) is 8.72. The number of benzene rings is 1. The average Bonchev–Trinajstić information content (AvgIpc) is 2.98. The van der Waals surface area contributed by atoms with E-state index in [2.05, 4.69) is 46.5 Å². The van der Waals surface area contributed by atoms with E-state index < -0.39 is 0 Å². The van der Waals surface area contributed by atoms with E-state index in [1.54, 1.807) is 22.7 Å². The van der Waals surface area contributed by atoms with E-state index in [9.17, 15) is 0 Å². The van der Waals surface area contributed by atoms with Gasteiger partial charge in [-0.25, -0.2) is 0 Å². The molecule has 2 aromatic heterocycles. The molecule has 0 unspecified atom stereocenters. The number of rotatable bonds is 2. The molecule has 80 valence electrons. The normalized spacial score (nSPS) is 13.1. The standard InChI is InChI=1S/C13H11NS2/c14-13(9-5-6-15-7-9)11-8-16-12-4-2-1-3-10(11)12/h1-8,13H,14H2/t13-/m0/s1. The zero-order valence-corrected chi connectivity index (χ0v) is 10.2. The lowest BCUT2D eigenvalue weighted by Crippen LogP contribution is -2.09. The van der Waals surface area contributed by atoms with Gasteiger partial charge in [-0.15, -0.1) is 11.3 Å². The second-order valence-corrected chi connectivity index (χ2v) is 5.41. The van der Waals surface area contributed by atoms with Crippen LogP contribution in [-0.2, 0) is 0 Å². The second kappa shape index (κ2) is 4.01. The molecule has 3 heteroatoms. The molecule has 0 bridgehead atoms. The van der Waals surface area contributed by atoms with Crippen molar-refractivity contribution in [3.8, 4) is 0 Å². The molecule has 3 rings (SSSR count). The van der Waals surface area contributed by atoms with Crippen molar-refractivity contribution in [2.24, 2.45) is 5.73 Å². The van der Waals surface area contributed by atoms with Crippen molar-refractivity contribution in [3.05, 3.63) is 57.6 Å². The van der Waals surface area contributed by atoms with Gasteiger partial charge in [0.05, 0.1) is 6.04 Å². The fourth-order valence-electron chi connectivity index (χ4n) is 1.87. The van der Waals surface area contributed by atoms with Crippen molar-refractivity contribution >= 4 is 32.8 Å². The highest BCUT2D eigenvalue weighted by atomic mass is 32.1. The summed E-state index contributed by atoms with van der Waals surface area (Å²) in [4.78, 5) is 0. The molecule has 0 saturated heterocycles. The Morgan fingerprint density at radius 1 is 1.06 bits per heavy atom. The van der Waals surface area contributed by atoms with Crippen molar-refractivity contribution in [2.45, 2.75) is 6.04 Å². The van der Waals surface area contributed by atoms with Gasteiger partial charge in [-0.3, -0.25) is 0 Å². The molecule has 0 fully saturated rings. The van der Waals surface area contributed by atoms with Gasteiger partial charge in [0.25, 0.3) is 0 Å². The Hall–Kier alpha value is -1.16. The molecule has 0 aliphatic carbocycles. The average molecular weight is 245 g/mol. The predicted molar refractivity (Wildman–Crippen MR) is 72.2 cm³/mol. The van der Waals surface area contributed by atoms with E-state index in [4.69, 9.17) is 5.73 Å². The Balaban J connectivity index is 2.12. The molecule has 3 aromatic rings. The van der Waals surface area contributed by atoms with E-state index in [1.165, 1.54) is 21.2 Å². The van der Waals surface area contributed by atoms with E-state index in [0.29, 0.717) is 0 Å². The summed E-state index contributed by atoms with van der Waals surface area (Å²) in [6.07, 6.45) is 0. The van der Waals surface area contributed by atoms with Crippen LogP contribution in [0, 0.1) is 0 Å². The second-order valence-electron chi connectivity index (χ2n) is 3.72. The molecule has 1 aromatic carbocycles. The highest BCUT2D eigenvalue weighted by Crippen LogP contribution is 2.32. The smallest absolute Gasteiger partial charge is 0.0574 e. The molecule has 0 saturated carbocycles. The van der Waals surface area contributed by atoms with Crippen molar-refractivity contribution in [1.82, 2.24) is 0 Å². The molecule has 1 atom stereocenters. The minimum absolute atomic E-state index is 0.00222. The Morgan fingerprint density at radius 3 is 2.75 bits per heavy atom. The molecule has 0 aliphatic rings. The number of nitrogens with two attached hydrogens (primary N) is 1. The molecule has 1 nitrogen and oxygen atoms in total. The Labute approximate surface area is 102 Å². The summed E-state index contributed by atoms with van der Waals surface area (Å²) in [5, 5.41) is 7.65. The van der Waals surface area contributed by atoms with Crippen LogP contribution in [0.2, 0.25) is 0 Å². The highest BCUT2D eigenvalue weighted by Gasteiger charge is 2.13.